The molecule has 0 amide bonds. The second-order valence-corrected chi connectivity index (χ2v) is 7.78. The molecule has 4 saturated carbocycles. The van der Waals surface area contributed by atoms with Crippen LogP contribution in [0.2, 0.25) is 0 Å². The van der Waals surface area contributed by atoms with Crippen molar-refractivity contribution in [2.24, 2.45) is 23.2 Å². The van der Waals surface area contributed by atoms with Gasteiger partial charge in [0.2, 0.25) is 0 Å². The summed E-state index contributed by atoms with van der Waals surface area (Å²) in [6, 6.07) is 0.0264. The van der Waals surface area contributed by atoms with Crippen molar-refractivity contribution in [1.29, 1.82) is 0 Å². The Morgan fingerprint density at radius 1 is 1.18 bits per heavy atom. The molecule has 0 radical (unpaired) electrons. The number of methoxy groups -OCH3 is 1. The van der Waals surface area contributed by atoms with E-state index in [0.717, 1.165) is 0 Å². The Labute approximate surface area is 129 Å². The van der Waals surface area contributed by atoms with Crippen molar-refractivity contribution >= 4 is 5.97 Å². The molecule has 0 aromatic heterocycles. The quantitative estimate of drug-likeness (QED) is 0.811. The molecule has 2 atom stereocenters. The van der Waals surface area contributed by atoms with Crippen LogP contribution in [0.3, 0.4) is 0 Å². The van der Waals surface area contributed by atoms with Gasteiger partial charge in [-0.2, -0.15) is 13.2 Å². The van der Waals surface area contributed by atoms with Crippen molar-refractivity contribution in [2.45, 2.75) is 63.7 Å². The minimum Gasteiger partial charge on any atom is -0.468 e. The molecule has 4 aliphatic rings. The highest BCUT2D eigenvalue weighted by Crippen LogP contribution is 2.68. The van der Waals surface area contributed by atoms with Crippen LogP contribution >= 0.6 is 0 Å². The number of hydrogen-bond acceptors (Lipinski definition) is 3. The van der Waals surface area contributed by atoms with Crippen LogP contribution in [-0.2, 0) is 9.53 Å². The Morgan fingerprint density at radius 3 is 2.14 bits per heavy atom. The second kappa shape index (κ2) is 4.86. The lowest BCUT2D eigenvalue weighted by molar-refractivity contribution is -0.286. The predicted molar refractivity (Wildman–Crippen MR) is 75.1 cm³/mol. The molecule has 3 nitrogen and oxygen atoms in total. The van der Waals surface area contributed by atoms with Crippen molar-refractivity contribution < 1.29 is 22.7 Å². The molecule has 4 fully saturated rings. The number of halogens is 3. The van der Waals surface area contributed by atoms with Gasteiger partial charge in [-0.25, -0.2) is 0 Å². The van der Waals surface area contributed by atoms with Crippen LogP contribution in [0.15, 0.2) is 0 Å². The summed E-state index contributed by atoms with van der Waals surface area (Å²) in [5.41, 5.74) is -2.52. The van der Waals surface area contributed by atoms with Crippen LogP contribution in [0, 0.1) is 23.2 Å². The number of alkyl halides is 3. The van der Waals surface area contributed by atoms with E-state index in [1.165, 1.54) is 7.11 Å². The molecular weight excluding hydrogens is 295 g/mol. The average molecular weight is 319 g/mol. The summed E-state index contributed by atoms with van der Waals surface area (Å²) < 4.78 is 46.0. The van der Waals surface area contributed by atoms with E-state index < -0.39 is 17.1 Å². The van der Waals surface area contributed by atoms with Crippen molar-refractivity contribution in [1.82, 2.24) is 5.32 Å². The Kier molecular flexibility index (Phi) is 3.55. The van der Waals surface area contributed by atoms with E-state index in [-0.39, 0.29) is 49.0 Å². The summed E-state index contributed by atoms with van der Waals surface area (Å²) in [7, 11) is 1.33. The first-order valence-corrected chi connectivity index (χ1v) is 8.07. The Morgan fingerprint density at radius 2 is 1.73 bits per heavy atom. The summed E-state index contributed by atoms with van der Waals surface area (Å²) in [5, 5.41) is 3.32. The van der Waals surface area contributed by atoms with Crippen LogP contribution < -0.4 is 5.32 Å². The Hall–Kier alpha value is -0.780. The Balaban J connectivity index is 2.01. The van der Waals surface area contributed by atoms with Gasteiger partial charge in [0.1, 0.15) is 5.54 Å². The molecule has 0 spiro atoms. The van der Waals surface area contributed by atoms with Gasteiger partial charge in [0, 0.05) is 6.04 Å². The largest absolute Gasteiger partial charge is 0.468 e. The highest BCUT2D eigenvalue weighted by atomic mass is 19.4. The molecule has 0 aromatic rings. The Bertz CT molecular complexity index is 459. The lowest BCUT2D eigenvalue weighted by Gasteiger charge is -2.64. The zero-order valence-electron chi connectivity index (χ0n) is 13.3. The van der Waals surface area contributed by atoms with Gasteiger partial charge in [-0.15, -0.1) is 0 Å². The van der Waals surface area contributed by atoms with Crippen LogP contribution in [0.5, 0.6) is 0 Å². The van der Waals surface area contributed by atoms with Crippen LogP contribution in [0.1, 0.15) is 46.0 Å². The van der Waals surface area contributed by atoms with Gasteiger partial charge in [-0.3, -0.25) is 10.1 Å². The van der Waals surface area contributed by atoms with Gasteiger partial charge in [-0.05, 0) is 63.7 Å². The number of rotatable bonds is 3. The average Bonchev–Trinajstić information content (AvgIpc) is 2.39. The minimum atomic E-state index is -4.18. The number of nitrogens with one attached hydrogen (secondary N) is 1. The van der Waals surface area contributed by atoms with Crippen molar-refractivity contribution in [2.75, 3.05) is 7.11 Å². The highest BCUT2D eigenvalue weighted by molar-refractivity contribution is 5.82. The summed E-state index contributed by atoms with van der Waals surface area (Å²) in [6.45, 7) is 3.85. The van der Waals surface area contributed by atoms with Crippen LogP contribution in [-0.4, -0.2) is 30.8 Å². The maximum absolute atomic E-state index is 13.7. The van der Waals surface area contributed by atoms with E-state index in [9.17, 15) is 18.0 Å². The van der Waals surface area contributed by atoms with Crippen molar-refractivity contribution in [3.63, 3.8) is 0 Å². The molecule has 2 unspecified atom stereocenters. The van der Waals surface area contributed by atoms with Crippen LogP contribution in [0.25, 0.3) is 0 Å². The minimum absolute atomic E-state index is 0.0264. The van der Waals surface area contributed by atoms with Gasteiger partial charge < -0.3 is 4.74 Å². The lowest BCUT2D eigenvalue weighted by atomic mass is 9.43. The zero-order chi connectivity index (χ0) is 16.3. The predicted octanol–water partition coefficient (Wildman–Crippen LogP) is 3.28. The van der Waals surface area contributed by atoms with E-state index in [1.807, 2.05) is 13.8 Å². The first kappa shape index (κ1) is 16.1. The molecule has 0 saturated heterocycles. The summed E-state index contributed by atoms with van der Waals surface area (Å²) in [6.07, 6.45) is -2.44. The molecular formula is C16H24F3NO2. The SMILES string of the molecule is COC(=O)C1(NC(C)C)C2CC3CC1CC(C(F)(F)F)(C3)C2. The van der Waals surface area contributed by atoms with Crippen molar-refractivity contribution in [3.05, 3.63) is 0 Å². The van der Waals surface area contributed by atoms with Gasteiger partial charge in [0.15, 0.2) is 0 Å². The number of hydrogen-bond donors (Lipinski definition) is 1. The summed E-state index contributed by atoms with van der Waals surface area (Å²) >= 11 is 0. The maximum atomic E-state index is 13.7. The first-order valence-electron chi connectivity index (χ1n) is 8.07. The lowest BCUT2D eigenvalue weighted by Crippen LogP contribution is -2.73. The molecule has 4 rings (SSSR count). The molecule has 4 aliphatic carbocycles. The molecule has 0 heterocycles. The fourth-order valence-electron chi connectivity index (χ4n) is 5.63. The monoisotopic (exact) mass is 319 g/mol. The second-order valence-electron chi connectivity index (χ2n) is 7.78. The number of esters is 1. The fourth-order valence-corrected chi connectivity index (χ4v) is 5.63. The third-order valence-corrected chi connectivity index (χ3v) is 6.13. The molecule has 0 aromatic carbocycles. The molecule has 0 aliphatic heterocycles. The maximum Gasteiger partial charge on any atom is 0.394 e. The molecule has 126 valence electrons. The van der Waals surface area contributed by atoms with Gasteiger partial charge in [0.25, 0.3) is 0 Å². The summed E-state index contributed by atoms with van der Waals surface area (Å²) in [4.78, 5) is 12.5. The number of carbonyl (C=O) groups is 1. The zero-order valence-corrected chi connectivity index (χ0v) is 13.3. The smallest absolute Gasteiger partial charge is 0.394 e. The number of ether oxygens (including phenoxy) is 1. The molecule has 4 bridgehead atoms. The van der Waals surface area contributed by atoms with Crippen molar-refractivity contribution in [3.8, 4) is 0 Å². The van der Waals surface area contributed by atoms with Gasteiger partial charge >= 0.3 is 12.1 Å². The van der Waals surface area contributed by atoms with E-state index >= 15 is 0 Å². The normalized spacial score (nSPS) is 43.7. The summed E-state index contributed by atoms with van der Waals surface area (Å²) in [5.74, 6) is -0.858. The van der Waals surface area contributed by atoms with Crippen LogP contribution in [0.4, 0.5) is 13.2 Å². The highest BCUT2D eigenvalue weighted by Gasteiger charge is 2.71. The standard InChI is InChI=1S/C16H24F3NO2/c1-9(2)20-15(13(21)22-3)11-4-10-5-12(15)8-14(6-10,7-11)16(17,18)19/h9-12,20H,4-8H2,1-3H3. The van der Waals surface area contributed by atoms with Gasteiger partial charge in [0.05, 0.1) is 12.5 Å². The molecule has 1 N–H and O–H groups in total. The van der Waals surface area contributed by atoms with E-state index in [0.29, 0.717) is 12.8 Å². The van der Waals surface area contributed by atoms with E-state index in [2.05, 4.69) is 5.32 Å². The fraction of sp³-hybridized carbons (Fsp3) is 0.938. The van der Waals surface area contributed by atoms with Gasteiger partial charge in [-0.1, -0.05) is 0 Å². The third kappa shape index (κ3) is 2.02. The molecule has 22 heavy (non-hydrogen) atoms. The first-order chi connectivity index (χ1) is 10.1. The molecule has 6 heteroatoms. The van der Waals surface area contributed by atoms with E-state index in [1.54, 1.807) is 0 Å². The topological polar surface area (TPSA) is 38.3 Å². The third-order valence-electron chi connectivity index (χ3n) is 6.13. The van der Waals surface area contributed by atoms with E-state index in [4.69, 9.17) is 4.74 Å². The number of carbonyl (C=O) groups excluding carboxylic acids is 1.